The molecular weight excluding hydrogens is 320 g/mol. The molecule has 0 aliphatic heterocycles. The van der Waals surface area contributed by atoms with Crippen molar-refractivity contribution >= 4 is 11.6 Å². The summed E-state index contributed by atoms with van der Waals surface area (Å²) in [6, 6.07) is 27.7. The lowest BCUT2D eigenvalue weighted by Gasteiger charge is -2.23. The molecule has 0 saturated carbocycles. The third kappa shape index (κ3) is 3.99. The molecule has 0 radical (unpaired) electrons. The van der Waals surface area contributed by atoms with Crippen LogP contribution < -0.4 is 4.90 Å². The van der Waals surface area contributed by atoms with E-state index in [2.05, 4.69) is 30.3 Å². The molecular formula is C23H20N2O. The van der Waals surface area contributed by atoms with Crippen molar-refractivity contribution < 1.29 is 4.79 Å². The third-order valence-electron chi connectivity index (χ3n) is 4.27. The summed E-state index contributed by atoms with van der Waals surface area (Å²) in [7, 11) is 0. The Labute approximate surface area is 154 Å². The summed E-state index contributed by atoms with van der Waals surface area (Å²) < 4.78 is 0. The van der Waals surface area contributed by atoms with Gasteiger partial charge in [0.1, 0.15) is 0 Å². The molecule has 0 aromatic heterocycles. The van der Waals surface area contributed by atoms with Gasteiger partial charge in [-0.25, -0.2) is 0 Å². The number of carbonyl (C=O) groups excluding carboxylic acids is 1. The van der Waals surface area contributed by atoms with E-state index in [9.17, 15) is 4.79 Å². The summed E-state index contributed by atoms with van der Waals surface area (Å²) in [5.74, 6) is 0.0326. The smallest absolute Gasteiger partial charge is 0.227 e. The summed E-state index contributed by atoms with van der Waals surface area (Å²) in [5, 5.41) is 9.14. The molecule has 3 rings (SSSR count). The Bertz CT molecular complexity index is 942. The molecule has 0 spiro atoms. The number of benzene rings is 3. The van der Waals surface area contributed by atoms with Crippen molar-refractivity contribution in [2.24, 2.45) is 0 Å². The fraction of sp³-hybridized carbons (Fsp3) is 0.130. The number of amides is 1. The van der Waals surface area contributed by atoms with Crippen molar-refractivity contribution in [2.75, 3.05) is 4.90 Å². The van der Waals surface area contributed by atoms with Crippen molar-refractivity contribution in [3.63, 3.8) is 0 Å². The highest BCUT2D eigenvalue weighted by Crippen LogP contribution is 2.24. The van der Waals surface area contributed by atoms with Gasteiger partial charge < -0.3 is 4.90 Å². The number of hydrogen-bond acceptors (Lipinski definition) is 2. The number of carbonyl (C=O) groups is 1. The standard InChI is InChI=1S/C23H20N2O/c1-2-23(26)25(22-13-7-8-18(15-22)16-24)17-19-9-6-12-21(14-19)20-10-4-3-5-11-20/h3-15H,2,17H2,1H3. The van der Waals surface area contributed by atoms with Crippen LogP contribution in [0.4, 0.5) is 5.69 Å². The first-order chi connectivity index (χ1) is 12.7. The monoisotopic (exact) mass is 340 g/mol. The third-order valence-corrected chi connectivity index (χ3v) is 4.27. The van der Waals surface area contributed by atoms with Gasteiger partial charge in [-0.05, 0) is 41.0 Å². The van der Waals surface area contributed by atoms with E-state index in [1.54, 1.807) is 17.0 Å². The number of rotatable bonds is 5. The zero-order valence-electron chi connectivity index (χ0n) is 14.7. The van der Waals surface area contributed by atoms with Gasteiger partial charge in [-0.15, -0.1) is 0 Å². The molecule has 0 fully saturated rings. The lowest BCUT2D eigenvalue weighted by Crippen LogP contribution is -2.29. The van der Waals surface area contributed by atoms with Crippen LogP contribution in [-0.2, 0) is 11.3 Å². The van der Waals surface area contributed by atoms with Crippen molar-refractivity contribution in [1.29, 1.82) is 5.26 Å². The Morgan fingerprint density at radius 2 is 1.65 bits per heavy atom. The van der Waals surface area contributed by atoms with Crippen LogP contribution in [0.5, 0.6) is 0 Å². The number of hydrogen-bond donors (Lipinski definition) is 0. The van der Waals surface area contributed by atoms with Crippen LogP contribution in [0.3, 0.4) is 0 Å². The predicted octanol–water partition coefficient (Wildman–Crippen LogP) is 5.17. The maximum Gasteiger partial charge on any atom is 0.227 e. The summed E-state index contributed by atoms with van der Waals surface area (Å²) in [4.78, 5) is 14.3. The van der Waals surface area contributed by atoms with Gasteiger partial charge in [0.15, 0.2) is 0 Å². The summed E-state index contributed by atoms with van der Waals surface area (Å²) in [6.45, 7) is 2.33. The second-order valence-corrected chi connectivity index (χ2v) is 6.06. The van der Waals surface area contributed by atoms with E-state index in [0.717, 1.165) is 22.4 Å². The highest BCUT2D eigenvalue weighted by molar-refractivity contribution is 5.93. The fourth-order valence-electron chi connectivity index (χ4n) is 2.92. The Morgan fingerprint density at radius 1 is 0.923 bits per heavy atom. The highest BCUT2D eigenvalue weighted by atomic mass is 16.2. The van der Waals surface area contributed by atoms with Crippen LogP contribution in [-0.4, -0.2) is 5.91 Å². The normalized spacial score (nSPS) is 10.2. The van der Waals surface area contributed by atoms with E-state index in [4.69, 9.17) is 5.26 Å². The Kier molecular flexibility index (Phi) is 5.46. The Hall–Kier alpha value is -3.38. The average molecular weight is 340 g/mol. The summed E-state index contributed by atoms with van der Waals surface area (Å²) >= 11 is 0. The summed E-state index contributed by atoms with van der Waals surface area (Å²) in [6.07, 6.45) is 0.412. The summed E-state index contributed by atoms with van der Waals surface area (Å²) in [5.41, 5.74) is 4.62. The topological polar surface area (TPSA) is 44.1 Å². The molecule has 0 saturated heterocycles. The van der Waals surface area contributed by atoms with Crippen LogP contribution in [0, 0.1) is 11.3 Å². The van der Waals surface area contributed by atoms with Gasteiger partial charge >= 0.3 is 0 Å². The van der Waals surface area contributed by atoms with Gasteiger partial charge in [0.05, 0.1) is 18.2 Å². The van der Waals surface area contributed by atoms with E-state index in [1.807, 2.05) is 49.4 Å². The molecule has 128 valence electrons. The quantitative estimate of drug-likeness (QED) is 0.643. The maximum absolute atomic E-state index is 12.5. The Morgan fingerprint density at radius 3 is 2.38 bits per heavy atom. The molecule has 0 heterocycles. The van der Waals surface area contributed by atoms with Crippen LogP contribution >= 0.6 is 0 Å². The molecule has 3 nitrogen and oxygen atoms in total. The van der Waals surface area contributed by atoms with Gasteiger partial charge in [0.25, 0.3) is 0 Å². The molecule has 3 aromatic carbocycles. The molecule has 26 heavy (non-hydrogen) atoms. The molecule has 0 atom stereocenters. The number of anilines is 1. The minimum Gasteiger partial charge on any atom is -0.308 e. The largest absolute Gasteiger partial charge is 0.308 e. The fourth-order valence-corrected chi connectivity index (χ4v) is 2.92. The maximum atomic E-state index is 12.5. The van der Waals surface area contributed by atoms with Crippen LogP contribution in [0.25, 0.3) is 11.1 Å². The molecule has 0 N–H and O–H groups in total. The van der Waals surface area contributed by atoms with Crippen molar-refractivity contribution in [1.82, 2.24) is 0 Å². The van der Waals surface area contributed by atoms with Crippen molar-refractivity contribution in [2.45, 2.75) is 19.9 Å². The van der Waals surface area contributed by atoms with Gasteiger partial charge in [-0.3, -0.25) is 4.79 Å². The zero-order chi connectivity index (χ0) is 18.4. The molecule has 0 unspecified atom stereocenters. The number of nitriles is 1. The molecule has 3 heteroatoms. The van der Waals surface area contributed by atoms with E-state index in [0.29, 0.717) is 18.5 Å². The molecule has 0 bridgehead atoms. The molecule has 1 amide bonds. The lowest BCUT2D eigenvalue weighted by molar-refractivity contribution is -0.118. The second kappa shape index (κ2) is 8.13. The minimum absolute atomic E-state index is 0.0326. The van der Waals surface area contributed by atoms with Crippen LogP contribution in [0.1, 0.15) is 24.5 Å². The van der Waals surface area contributed by atoms with Crippen molar-refractivity contribution in [3.8, 4) is 17.2 Å². The molecule has 0 aliphatic rings. The number of nitrogens with zero attached hydrogens (tertiary/aromatic N) is 2. The molecule has 3 aromatic rings. The average Bonchev–Trinajstić information content (AvgIpc) is 2.72. The first kappa shape index (κ1) is 17.4. The van der Waals surface area contributed by atoms with Crippen LogP contribution in [0.2, 0.25) is 0 Å². The zero-order valence-corrected chi connectivity index (χ0v) is 14.7. The van der Waals surface area contributed by atoms with Gasteiger partial charge in [0, 0.05) is 12.1 Å². The van der Waals surface area contributed by atoms with E-state index in [-0.39, 0.29) is 5.91 Å². The van der Waals surface area contributed by atoms with Gasteiger partial charge in [-0.2, -0.15) is 5.26 Å². The SMILES string of the molecule is CCC(=O)N(Cc1cccc(-c2ccccc2)c1)c1cccc(C#N)c1. The van der Waals surface area contributed by atoms with E-state index in [1.165, 1.54) is 0 Å². The van der Waals surface area contributed by atoms with Gasteiger partial charge in [0.2, 0.25) is 5.91 Å². The lowest BCUT2D eigenvalue weighted by atomic mass is 10.0. The highest BCUT2D eigenvalue weighted by Gasteiger charge is 2.15. The predicted molar refractivity (Wildman–Crippen MR) is 105 cm³/mol. The van der Waals surface area contributed by atoms with Gasteiger partial charge in [-0.1, -0.05) is 61.5 Å². The van der Waals surface area contributed by atoms with E-state index < -0.39 is 0 Å². The molecule has 0 aliphatic carbocycles. The van der Waals surface area contributed by atoms with Crippen molar-refractivity contribution in [3.05, 3.63) is 90.0 Å². The first-order valence-electron chi connectivity index (χ1n) is 8.66. The second-order valence-electron chi connectivity index (χ2n) is 6.06. The first-order valence-corrected chi connectivity index (χ1v) is 8.66. The van der Waals surface area contributed by atoms with E-state index >= 15 is 0 Å². The van der Waals surface area contributed by atoms with Crippen LogP contribution in [0.15, 0.2) is 78.9 Å². The minimum atomic E-state index is 0.0326. The Balaban J connectivity index is 1.93.